The first kappa shape index (κ1) is 14.5. The van der Waals surface area contributed by atoms with Gasteiger partial charge >= 0.3 is 0 Å². The molecule has 1 aliphatic heterocycles. The van der Waals surface area contributed by atoms with Crippen LogP contribution in [-0.2, 0) is 17.6 Å². The van der Waals surface area contributed by atoms with Crippen molar-refractivity contribution in [1.82, 2.24) is 9.78 Å². The zero-order valence-corrected chi connectivity index (χ0v) is 12.5. The summed E-state index contributed by atoms with van der Waals surface area (Å²) in [7, 11) is 0. The number of ether oxygens (including phenoxy) is 1. The molecular formula is C15H27N3O. The molecule has 2 rings (SSSR count). The lowest BCUT2D eigenvalue weighted by Crippen LogP contribution is -2.22. The van der Waals surface area contributed by atoms with E-state index in [-0.39, 0.29) is 6.04 Å². The van der Waals surface area contributed by atoms with Crippen LogP contribution in [0.15, 0.2) is 0 Å². The highest BCUT2D eigenvalue weighted by Crippen LogP contribution is 2.29. The van der Waals surface area contributed by atoms with Gasteiger partial charge in [-0.1, -0.05) is 20.8 Å². The standard InChI is InChI=1S/C15H27N3O/c1-4-12(16)15-13(5-2)17-18(14(15)6-3)11-7-9-19-10-8-11/h11-12H,4-10,16H2,1-3H3. The smallest absolute Gasteiger partial charge is 0.0672 e. The van der Waals surface area contributed by atoms with Crippen LogP contribution in [0.25, 0.3) is 0 Å². The molecule has 1 saturated heterocycles. The first-order valence-electron chi connectivity index (χ1n) is 7.66. The molecule has 2 heterocycles. The molecule has 1 aromatic rings. The normalized spacial score (nSPS) is 18.7. The van der Waals surface area contributed by atoms with Crippen molar-refractivity contribution in [2.24, 2.45) is 5.73 Å². The average Bonchev–Trinajstić information content (AvgIpc) is 2.85. The van der Waals surface area contributed by atoms with E-state index in [1.165, 1.54) is 17.0 Å². The van der Waals surface area contributed by atoms with Crippen LogP contribution in [0.3, 0.4) is 0 Å². The molecule has 0 radical (unpaired) electrons. The molecule has 0 spiro atoms. The molecule has 108 valence electrons. The van der Waals surface area contributed by atoms with Crippen LogP contribution in [0.1, 0.15) is 69.1 Å². The highest BCUT2D eigenvalue weighted by atomic mass is 16.5. The summed E-state index contributed by atoms with van der Waals surface area (Å²) in [6.45, 7) is 8.23. The third-order valence-electron chi connectivity index (χ3n) is 4.14. The molecule has 0 saturated carbocycles. The molecular weight excluding hydrogens is 238 g/mol. The zero-order chi connectivity index (χ0) is 13.8. The quantitative estimate of drug-likeness (QED) is 0.890. The predicted molar refractivity (Wildman–Crippen MR) is 77.3 cm³/mol. The third-order valence-corrected chi connectivity index (χ3v) is 4.14. The number of rotatable bonds is 5. The second kappa shape index (κ2) is 6.53. The summed E-state index contributed by atoms with van der Waals surface area (Å²) >= 11 is 0. The Hall–Kier alpha value is -0.870. The minimum Gasteiger partial charge on any atom is -0.381 e. The summed E-state index contributed by atoms with van der Waals surface area (Å²) in [5, 5.41) is 4.87. The van der Waals surface area contributed by atoms with Gasteiger partial charge in [0.25, 0.3) is 0 Å². The van der Waals surface area contributed by atoms with Gasteiger partial charge in [-0.3, -0.25) is 4.68 Å². The number of hydrogen-bond acceptors (Lipinski definition) is 3. The summed E-state index contributed by atoms with van der Waals surface area (Å²) in [5.41, 5.74) is 10.2. The highest BCUT2D eigenvalue weighted by Gasteiger charge is 2.25. The van der Waals surface area contributed by atoms with Crippen LogP contribution in [0, 0.1) is 0 Å². The lowest BCUT2D eigenvalue weighted by Gasteiger charge is -2.24. The first-order valence-corrected chi connectivity index (χ1v) is 7.66. The van der Waals surface area contributed by atoms with Gasteiger partial charge in [0, 0.05) is 30.5 Å². The van der Waals surface area contributed by atoms with Crippen molar-refractivity contribution < 1.29 is 4.74 Å². The maximum Gasteiger partial charge on any atom is 0.0672 e. The van der Waals surface area contributed by atoms with E-state index in [0.717, 1.165) is 45.3 Å². The van der Waals surface area contributed by atoms with E-state index < -0.39 is 0 Å². The minimum atomic E-state index is 0.124. The summed E-state index contributed by atoms with van der Waals surface area (Å²) in [6, 6.07) is 0.616. The fourth-order valence-corrected chi connectivity index (χ4v) is 3.01. The molecule has 0 bridgehead atoms. The van der Waals surface area contributed by atoms with Gasteiger partial charge in [0.2, 0.25) is 0 Å². The summed E-state index contributed by atoms with van der Waals surface area (Å²) in [6.07, 6.45) is 5.08. The second-order valence-electron chi connectivity index (χ2n) is 5.32. The summed E-state index contributed by atoms with van der Waals surface area (Å²) in [5.74, 6) is 0. The predicted octanol–water partition coefficient (Wildman–Crippen LogP) is 2.77. The van der Waals surface area contributed by atoms with Gasteiger partial charge in [-0.15, -0.1) is 0 Å². The van der Waals surface area contributed by atoms with Gasteiger partial charge in [0.15, 0.2) is 0 Å². The van der Waals surface area contributed by atoms with Gasteiger partial charge in [-0.25, -0.2) is 0 Å². The van der Waals surface area contributed by atoms with Crippen LogP contribution < -0.4 is 5.73 Å². The fraction of sp³-hybridized carbons (Fsp3) is 0.800. The van der Waals surface area contributed by atoms with Crippen molar-refractivity contribution in [3.63, 3.8) is 0 Å². The van der Waals surface area contributed by atoms with E-state index in [4.69, 9.17) is 15.6 Å². The Balaban J connectivity index is 2.39. The van der Waals surface area contributed by atoms with E-state index >= 15 is 0 Å². The number of nitrogens with two attached hydrogens (primary N) is 1. The Morgan fingerprint density at radius 3 is 2.47 bits per heavy atom. The minimum absolute atomic E-state index is 0.124. The van der Waals surface area contributed by atoms with Crippen molar-refractivity contribution in [3.05, 3.63) is 17.0 Å². The molecule has 1 fully saturated rings. The van der Waals surface area contributed by atoms with E-state index in [9.17, 15) is 0 Å². The summed E-state index contributed by atoms with van der Waals surface area (Å²) < 4.78 is 7.72. The number of aromatic nitrogens is 2. The van der Waals surface area contributed by atoms with E-state index in [1.54, 1.807) is 0 Å². The SMILES string of the molecule is CCc1nn(C2CCOCC2)c(CC)c1C(N)CC. The molecule has 1 unspecified atom stereocenters. The second-order valence-corrected chi connectivity index (χ2v) is 5.32. The Bertz CT molecular complexity index is 408. The van der Waals surface area contributed by atoms with Crippen molar-refractivity contribution in [2.45, 2.75) is 65.0 Å². The summed E-state index contributed by atoms with van der Waals surface area (Å²) in [4.78, 5) is 0. The molecule has 4 nitrogen and oxygen atoms in total. The zero-order valence-electron chi connectivity index (χ0n) is 12.5. The lowest BCUT2D eigenvalue weighted by atomic mass is 9.99. The van der Waals surface area contributed by atoms with Crippen molar-refractivity contribution in [3.8, 4) is 0 Å². The van der Waals surface area contributed by atoms with Crippen LogP contribution in [0.2, 0.25) is 0 Å². The van der Waals surface area contributed by atoms with Crippen molar-refractivity contribution >= 4 is 0 Å². The third kappa shape index (κ3) is 2.84. The van der Waals surface area contributed by atoms with Gasteiger partial charge in [0.05, 0.1) is 11.7 Å². The van der Waals surface area contributed by atoms with Crippen LogP contribution >= 0.6 is 0 Å². The van der Waals surface area contributed by atoms with Gasteiger partial charge < -0.3 is 10.5 Å². The van der Waals surface area contributed by atoms with Crippen LogP contribution in [0.4, 0.5) is 0 Å². The van der Waals surface area contributed by atoms with Gasteiger partial charge in [-0.2, -0.15) is 5.10 Å². The largest absolute Gasteiger partial charge is 0.381 e. The molecule has 1 atom stereocenters. The monoisotopic (exact) mass is 265 g/mol. The van der Waals surface area contributed by atoms with Crippen molar-refractivity contribution in [1.29, 1.82) is 0 Å². The van der Waals surface area contributed by atoms with E-state index in [0.29, 0.717) is 6.04 Å². The lowest BCUT2D eigenvalue weighted by molar-refractivity contribution is 0.0653. The molecule has 4 heteroatoms. The maximum atomic E-state index is 6.31. The Morgan fingerprint density at radius 1 is 1.26 bits per heavy atom. The Kier molecular flexibility index (Phi) is 4.99. The van der Waals surface area contributed by atoms with E-state index in [1.807, 2.05) is 0 Å². The molecule has 19 heavy (non-hydrogen) atoms. The van der Waals surface area contributed by atoms with Gasteiger partial charge in [0.1, 0.15) is 0 Å². The first-order chi connectivity index (χ1) is 9.22. The molecule has 1 aromatic heterocycles. The number of aryl methyl sites for hydroxylation is 1. The topological polar surface area (TPSA) is 53.1 Å². The molecule has 1 aliphatic rings. The Labute approximate surface area is 116 Å². The maximum absolute atomic E-state index is 6.31. The number of nitrogens with zero attached hydrogens (tertiary/aromatic N) is 2. The molecule has 2 N–H and O–H groups in total. The van der Waals surface area contributed by atoms with Crippen molar-refractivity contribution in [2.75, 3.05) is 13.2 Å². The highest BCUT2D eigenvalue weighted by molar-refractivity contribution is 5.30. The molecule has 0 aromatic carbocycles. The Morgan fingerprint density at radius 2 is 1.95 bits per heavy atom. The molecule has 0 amide bonds. The van der Waals surface area contributed by atoms with Gasteiger partial charge in [-0.05, 0) is 32.1 Å². The fourth-order valence-electron chi connectivity index (χ4n) is 3.01. The average molecular weight is 265 g/mol. The number of hydrogen-bond donors (Lipinski definition) is 1. The molecule has 0 aliphatic carbocycles. The van der Waals surface area contributed by atoms with E-state index in [2.05, 4.69) is 25.5 Å². The van der Waals surface area contributed by atoms with Crippen LogP contribution in [-0.4, -0.2) is 23.0 Å². The van der Waals surface area contributed by atoms with Crippen LogP contribution in [0.5, 0.6) is 0 Å².